The number of piperazine rings is 1. The number of amides is 1. The normalized spacial score (nSPS) is 14.2. The highest BCUT2D eigenvalue weighted by Gasteiger charge is 2.27. The number of aromatic nitrogens is 3. The number of benzene rings is 2. The number of halogens is 1. The van der Waals surface area contributed by atoms with Crippen molar-refractivity contribution in [1.29, 1.82) is 0 Å². The Morgan fingerprint density at radius 1 is 1.00 bits per heavy atom. The van der Waals surface area contributed by atoms with E-state index < -0.39 is 0 Å². The third-order valence-electron chi connectivity index (χ3n) is 5.73. The summed E-state index contributed by atoms with van der Waals surface area (Å²) in [7, 11) is 0. The van der Waals surface area contributed by atoms with Crippen LogP contribution in [-0.4, -0.2) is 57.8 Å². The first kappa shape index (κ1) is 20.8. The van der Waals surface area contributed by atoms with Gasteiger partial charge in [0.05, 0.1) is 11.7 Å². The zero-order chi connectivity index (χ0) is 22.1. The zero-order valence-electron chi connectivity index (χ0n) is 17.6. The number of imidazole rings is 1. The summed E-state index contributed by atoms with van der Waals surface area (Å²) in [4.78, 5) is 26.6. The van der Waals surface area contributed by atoms with Gasteiger partial charge in [0.15, 0.2) is 5.16 Å². The Hall–Kier alpha value is -3.03. The van der Waals surface area contributed by atoms with Crippen LogP contribution in [0.4, 0.5) is 5.69 Å². The maximum absolute atomic E-state index is 13.4. The number of anilines is 1. The number of rotatable bonds is 4. The summed E-state index contributed by atoms with van der Waals surface area (Å²) in [5.41, 5.74) is 3.54. The number of fused-ring (bicyclic) bond motifs is 1. The van der Waals surface area contributed by atoms with Gasteiger partial charge in [-0.2, -0.15) is 0 Å². The van der Waals surface area contributed by atoms with Crippen LogP contribution in [0.5, 0.6) is 0 Å². The number of pyridine rings is 1. The number of hydrogen-bond donors (Lipinski definition) is 0. The van der Waals surface area contributed by atoms with Gasteiger partial charge < -0.3 is 9.80 Å². The molecule has 4 aromatic rings. The summed E-state index contributed by atoms with van der Waals surface area (Å²) in [6, 6.07) is 17.7. The highest BCUT2D eigenvalue weighted by molar-refractivity contribution is 7.98. The highest BCUT2D eigenvalue weighted by atomic mass is 35.5. The van der Waals surface area contributed by atoms with Gasteiger partial charge >= 0.3 is 0 Å². The maximum atomic E-state index is 13.4. The first-order valence-corrected chi connectivity index (χ1v) is 12.0. The Labute approximate surface area is 195 Å². The number of para-hydroxylation sites is 1. The summed E-state index contributed by atoms with van der Waals surface area (Å²) < 4.78 is 1.94. The van der Waals surface area contributed by atoms with Gasteiger partial charge in [0, 0.05) is 54.2 Å². The number of carbonyl (C=O) groups is 1. The summed E-state index contributed by atoms with van der Waals surface area (Å²) >= 11 is 7.66. The van der Waals surface area contributed by atoms with E-state index in [2.05, 4.69) is 14.9 Å². The van der Waals surface area contributed by atoms with Crippen LogP contribution in [-0.2, 0) is 0 Å². The second-order valence-electron chi connectivity index (χ2n) is 7.57. The van der Waals surface area contributed by atoms with Crippen molar-refractivity contribution >= 4 is 45.9 Å². The molecule has 0 bridgehead atoms. The fourth-order valence-electron chi connectivity index (χ4n) is 4.15. The van der Waals surface area contributed by atoms with Gasteiger partial charge in [0.1, 0.15) is 5.69 Å². The van der Waals surface area contributed by atoms with Crippen LogP contribution in [0.15, 0.2) is 72.1 Å². The lowest BCUT2D eigenvalue weighted by Crippen LogP contribution is -2.49. The molecule has 162 valence electrons. The first-order valence-electron chi connectivity index (χ1n) is 10.4. The minimum Gasteiger partial charge on any atom is -0.367 e. The average molecular weight is 464 g/mol. The van der Waals surface area contributed by atoms with E-state index in [9.17, 15) is 4.79 Å². The quantitative estimate of drug-likeness (QED) is 0.408. The summed E-state index contributed by atoms with van der Waals surface area (Å²) in [6.45, 7) is 2.79. The molecule has 5 rings (SSSR count). The SMILES string of the molecule is CSc1ncc(C(=O)N2CCN(c3ccnc4cc(Cl)ccc34)CC2)n1-c1ccccc1. The molecule has 0 unspecified atom stereocenters. The minimum absolute atomic E-state index is 0.00710. The number of nitrogens with zero attached hydrogens (tertiary/aromatic N) is 5. The fourth-order valence-corrected chi connectivity index (χ4v) is 4.86. The Kier molecular flexibility index (Phi) is 5.76. The molecule has 0 atom stereocenters. The standard InChI is InChI=1S/C24H22ClN5OS/c1-32-24-27-16-22(30(24)18-5-3-2-4-6-18)23(31)29-13-11-28(12-14-29)21-9-10-26-20-15-17(25)7-8-19(20)21/h2-10,15-16H,11-14H2,1H3. The largest absolute Gasteiger partial charge is 0.367 e. The van der Waals surface area contributed by atoms with Crippen molar-refractivity contribution < 1.29 is 4.79 Å². The van der Waals surface area contributed by atoms with E-state index in [1.165, 1.54) is 11.8 Å². The molecule has 0 radical (unpaired) electrons. The smallest absolute Gasteiger partial charge is 0.272 e. The van der Waals surface area contributed by atoms with Crippen molar-refractivity contribution in [3.8, 4) is 5.69 Å². The van der Waals surface area contributed by atoms with E-state index in [1.807, 2.05) is 76.5 Å². The summed E-state index contributed by atoms with van der Waals surface area (Å²) in [5.74, 6) is 0.00710. The Balaban J connectivity index is 1.37. The molecule has 1 amide bonds. The molecule has 2 aromatic heterocycles. The van der Waals surface area contributed by atoms with Crippen LogP contribution in [0.25, 0.3) is 16.6 Å². The minimum atomic E-state index is 0.00710. The van der Waals surface area contributed by atoms with Gasteiger partial charge in [-0.15, -0.1) is 0 Å². The van der Waals surface area contributed by atoms with Crippen LogP contribution in [0.1, 0.15) is 10.5 Å². The number of hydrogen-bond acceptors (Lipinski definition) is 5. The van der Waals surface area contributed by atoms with E-state index in [1.54, 1.807) is 6.20 Å². The van der Waals surface area contributed by atoms with Crippen molar-refractivity contribution in [2.75, 3.05) is 37.3 Å². The molecule has 1 saturated heterocycles. The molecule has 0 spiro atoms. The lowest BCUT2D eigenvalue weighted by molar-refractivity contribution is 0.0738. The second-order valence-corrected chi connectivity index (χ2v) is 8.78. The van der Waals surface area contributed by atoms with Crippen molar-refractivity contribution in [1.82, 2.24) is 19.4 Å². The van der Waals surface area contributed by atoms with Gasteiger partial charge in [0.2, 0.25) is 0 Å². The Bertz CT molecular complexity index is 1270. The molecular formula is C24H22ClN5OS. The Morgan fingerprint density at radius 3 is 2.53 bits per heavy atom. The molecule has 2 aromatic carbocycles. The van der Waals surface area contributed by atoms with E-state index >= 15 is 0 Å². The summed E-state index contributed by atoms with van der Waals surface area (Å²) in [6.07, 6.45) is 5.47. The van der Waals surface area contributed by atoms with E-state index in [0.717, 1.165) is 40.5 Å². The third-order valence-corrected chi connectivity index (χ3v) is 6.62. The van der Waals surface area contributed by atoms with Gasteiger partial charge in [-0.3, -0.25) is 14.3 Å². The van der Waals surface area contributed by atoms with Crippen LogP contribution in [0.2, 0.25) is 5.02 Å². The highest BCUT2D eigenvalue weighted by Crippen LogP contribution is 2.29. The van der Waals surface area contributed by atoms with Gasteiger partial charge in [-0.25, -0.2) is 4.98 Å². The first-order chi connectivity index (χ1) is 15.7. The predicted molar refractivity (Wildman–Crippen MR) is 130 cm³/mol. The van der Waals surface area contributed by atoms with Crippen LogP contribution in [0.3, 0.4) is 0 Å². The molecule has 0 aliphatic carbocycles. The van der Waals surface area contributed by atoms with E-state index in [-0.39, 0.29) is 5.91 Å². The molecule has 8 heteroatoms. The third kappa shape index (κ3) is 3.82. The molecule has 0 saturated carbocycles. The Morgan fingerprint density at radius 2 is 1.78 bits per heavy atom. The number of thioether (sulfide) groups is 1. The van der Waals surface area contributed by atoms with Gasteiger partial charge in [-0.1, -0.05) is 41.6 Å². The van der Waals surface area contributed by atoms with Crippen molar-refractivity contribution in [2.24, 2.45) is 0 Å². The molecule has 1 fully saturated rings. The molecule has 32 heavy (non-hydrogen) atoms. The monoisotopic (exact) mass is 463 g/mol. The van der Waals surface area contributed by atoms with Crippen molar-refractivity contribution in [3.05, 3.63) is 77.7 Å². The molecule has 0 N–H and O–H groups in total. The fraction of sp³-hybridized carbons (Fsp3) is 0.208. The van der Waals surface area contributed by atoms with Crippen molar-refractivity contribution in [3.63, 3.8) is 0 Å². The number of carbonyl (C=O) groups excluding carboxylic acids is 1. The lowest BCUT2D eigenvalue weighted by atomic mass is 10.1. The van der Waals surface area contributed by atoms with Gasteiger partial charge in [0.25, 0.3) is 5.91 Å². The van der Waals surface area contributed by atoms with E-state index in [4.69, 9.17) is 11.6 Å². The maximum Gasteiger partial charge on any atom is 0.272 e. The predicted octanol–water partition coefficient (Wildman–Crippen LogP) is 4.76. The van der Waals surface area contributed by atoms with Crippen LogP contribution in [0, 0.1) is 0 Å². The van der Waals surface area contributed by atoms with Crippen LogP contribution >= 0.6 is 23.4 Å². The second kappa shape index (κ2) is 8.84. The topological polar surface area (TPSA) is 54.3 Å². The van der Waals surface area contributed by atoms with Crippen molar-refractivity contribution in [2.45, 2.75) is 5.16 Å². The van der Waals surface area contributed by atoms with Gasteiger partial charge in [-0.05, 0) is 42.7 Å². The van der Waals surface area contributed by atoms with E-state index in [0.29, 0.717) is 23.8 Å². The van der Waals surface area contributed by atoms with Crippen LogP contribution < -0.4 is 4.90 Å². The molecular weight excluding hydrogens is 442 g/mol. The zero-order valence-corrected chi connectivity index (χ0v) is 19.2. The molecule has 6 nitrogen and oxygen atoms in total. The molecule has 1 aliphatic rings. The lowest BCUT2D eigenvalue weighted by Gasteiger charge is -2.36. The molecule has 3 heterocycles. The summed E-state index contributed by atoms with van der Waals surface area (Å²) in [5, 5.41) is 2.56. The molecule has 1 aliphatic heterocycles. The average Bonchev–Trinajstić information content (AvgIpc) is 3.28.